The predicted molar refractivity (Wildman–Crippen MR) is 83.5 cm³/mol. The van der Waals surface area contributed by atoms with Crippen LogP contribution in [-0.2, 0) is 6.42 Å². The first kappa shape index (κ1) is 15.2. The molecule has 0 aliphatic carbocycles. The summed E-state index contributed by atoms with van der Waals surface area (Å²) in [5, 5.41) is 0. The van der Waals surface area contributed by atoms with Crippen LogP contribution in [0.4, 0.5) is 4.39 Å². The molecule has 0 radical (unpaired) electrons. The van der Waals surface area contributed by atoms with Gasteiger partial charge in [-0.1, -0.05) is 46.3 Å². The van der Waals surface area contributed by atoms with Crippen LogP contribution < -0.4 is 11.3 Å². The number of halogens is 2. The summed E-state index contributed by atoms with van der Waals surface area (Å²) < 4.78 is 14.2. The van der Waals surface area contributed by atoms with E-state index in [0.717, 1.165) is 29.3 Å². The van der Waals surface area contributed by atoms with Gasteiger partial charge in [0.15, 0.2) is 0 Å². The van der Waals surface area contributed by atoms with Gasteiger partial charge < -0.3 is 0 Å². The van der Waals surface area contributed by atoms with Gasteiger partial charge in [0.2, 0.25) is 0 Å². The second-order valence-electron chi connectivity index (χ2n) is 4.76. The van der Waals surface area contributed by atoms with Crippen LogP contribution in [0.25, 0.3) is 0 Å². The summed E-state index contributed by atoms with van der Waals surface area (Å²) in [6.45, 7) is 0. The Bertz CT molecular complexity index is 545. The van der Waals surface area contributed by atoms with Crippen molar-refractivity contribution in [2.24, 2.45) is 5.84 Å². The third kappa shape index (κ3) is 4.13. The van der Waals surface area contributed by atoms with E-state index in [1.54, 1.807) is 6.07 Å². The molecule has 1 unspecified atom stereocenters. The fraction of sp³-hybridized carbons (Fsp3) is 0.250. The molecule has 106 valence electrons. The molecule has 0 bridgehead atoms. The molecule has 20 heavy (non-hydrogen) atoms. The van der Waals surface area contributed by atoms with Crippen molar-refractivity contribution < 1.29 is 4.39 Å². The minimum atomic E-state index is -0.244. The zero-order chi connectivity index (χ0) is 14.4. The van der Waals surface area contributed by atoms with Gasteiger partial charge in [-0.05, 0) is 48.6 Å². The minimum Gasteiger partial charge on any atom is -0.271 e. The Morgan fingerprint density at radius 3 is 2.60 bits per heavy atom. The topological polar surface area (TPSA) is 38.0 Å². The van der Waals surface area contributed by atoms with Gasteiger partial charge in [-0.25, -0.2) is 4.39 Å². The molecule has 0 amide bonds. The lowest BCUT2D eigenvalue weighted by atomic mass is 9.99. The highest BCUT2D eigenvalue weighted by Gasteiger charge is 2.13. The van der Waals surface area contributed by atoms with E-state index >= 15 is 0 Å². The Kier molecular flexibility index (Phi) is 5.71. The number of aryl methyl sites for hydroxylation is 1. The predicted octanol–water partition coefficient (Wildman–Crippen LogP) is 4.12. The monoisotopic (exact) mass is 336 g/mol. The van der Waals surface area contributed by atoms with Crippen LogP contribution in [0.2, 0.25) is 0 Å². The molecule has 2 rings (SSSR count). The second kappa shape index (κ2) is 7.53. The largest absolute Gasteiger partial charge is 0.271 e. The Morgan fingerprint density at radius 1 is 1.15 bits per heavy atom. The van der Waals surface area contributed by atoms with Crippen LogP contribution in [0.3, 0.4) is 0 Å². The van der Waals surface area contributed by atoms with E-state index < -0.39 is 0 Å². The molecule has 0 saturated heterocycles. The van der Waals surface area contributed by atoms with E-state index in [9.17, 15) is 4.39 Å². The molecule has 0 heterocycles. The standard InChI is InChI=1S/C16H18BrFN2/c17-15-10-9-13(18)11-14(15)16(20-19)8-4-7-12-5-2-1-3-6-12/h1-3,5-6,9-11,16,20H,4,7-8,19H2. The van der Waals surface area contributed by atoms with Gasteiger partial charge in [0.05, 0.1) is 0 Å². The first-order valence-electron chi connectivity index (χ1n) is 6.65. The van der Waals surface area contributed by atoms with Crippen molar-refractivity contribution in [3.63, 3.8) is 0 Å². The molecule has 0 aromatic heterocycles. The van der Waals surface area contributed by atoms with Crippen LogP contribution in [0, 0.1) is 5.82 Å². The summed E-state index contributed by atoms with van der Waals surface area (Å²) in [5.41, 5.74) is 4.94. The van der Waals surface area contributed by atoms with Crippen molar-refractivity contribution in [3.8, 4) is 0 Å². The minimum absolute atomic E-state index is 0.0520. The molecular weight excluding hydrogens is 319 g/mol. The SMILES string of the molecule is NNC(CCCc1ccccc1)c1cc(F)ccc1Br. The third-order valence-electron chi connectivity index (χ3n) is 3.34. The number of nitrogens with two attached hydrogens (primary N) is 1. The van der Waals surface area contributed by atoms with Crippen molar-refractivity contribution in [2.75, 3.05) is 0 Å². The number of hydrogen-bond donors (Lipinski definition) is 2. The first-order valence-corrected chi connectivity index (χ1v) is 7.45. The molecule has 0 fully saturated rings. The summed E-state index contributed by atoms with van der Waals surface area (Å²) in [6, 6.07) is 14.9. The molecule has 0 aliphatic rings. The van der Waals surface area contributed by atoms with Gasteiger partial charge in [0.1, 0.15) is 5.82 Å². The fourth-order valence-corrected chi connectivity index (χ4v) is 2.79. The molecular formula is C16H18BrFN2. The molecule has 0 spiro atoms. The van der Waals surface area contributed by atoms with Gasteiger partial charge in [0.25, 0.3) is 0 Å². The number of rotatable bonds is 6. The third-order valence-corrected chi connectivity index (χ3v) is 4.06. The molecule has 4 heteroatoms. The maximum absolute atomic E-state index is 13.3. The highest BCUT2D eigenvalue weighted by atomic mass is 79.9. The van der Waals surface area contributed by atoms with Crippen molar-refractivity contribution in [3.05, 3.63) is 69.9 Å². The van der Waals surface area contributed by atoms with Crippen molar-refractivity contribution in [1.82, 2.24) is 5.43 Å². The molecule has 2 nitrogen and oxygen atoms in total. The second-order valence-corrected chi connectivity index (χ2v) is 5.62. The average Bonchev–Trinajstić information content (AvgIpc) is 2.48. The summed E-state index contributed by atoms with van der Waals surface area (Å²) in [5.74, 6) is 5.37. The summed E-state index contributed by atoms with van der Waals surface area (Å²) >= 11 is 3.45. The quantitative estimate of drug-likeness (QED) is 0.615. The number of hydrazine groups is 1. The smallest absolute Gasteiger partial charge is 0.123 e. The highest BCUT2D eigenvalue weighted by Crippen LogP contribution is 2.27. The summed E-state index contributed by atoms with van der Waals surface area (Å²) in [6.07, 6.45) is 2.83. The Balaban J connectivity index is 1.97. The first-order chi connectivity index (χ1) is 9.70. The van der Waals surface area contributed by atoms with E-state index in [4.69, 9.17) is 5.84 Å². The van der Waals surface area contributed by atoms with Crippen LogP contribution in [0.15, 0.2) is 53.0 Å². The molecule has 3 N–H and O–H groups in total. The van der Waals surface area contributed by atoms with E-state index in [1.165, 1.54) is 17.7 Å². The van der Waals surface area contributed by atoms with E-state index in [-0.39, 0.29) is 11.9 Å². The number of benzene rings is 2. The fourth-order valence-electron chi connectivity index (χ4n) is 2.27. The lowest BCUT2D eigenvalue weighted by Gasteiger charge is -2.18. The van der Waals surface area contributed by atoms with E-state index in [2.05, 4.69) is 33.5 Å². The molecule has 2 aromatic carbocycles. The van der Waals surface area contributed by atoms with Crippen molar-refractivity contribution >= 4 is 15.9 Å². The van der Waals surface area contributed by atoms with Crippen LogP contribution in [0.5, 0.6) is 0 Å². The molecule has 1 atom stereocenters. The van der Waals surface area contributed by atoms with Gasteiger partial charge in [0, 0.05) is 10.5 Å². The number of hydrogen-bond acceptors (Lipinski definition) is 2. The van der Waals surface area contributed by atoms with Gasteiger partial charge >= 0.3 is 0 Å². The maximum atomic E-state index is 13.3. The average molecular weight is 337 g/mol. The van der Waals surface area contributed by atoms with Crippen LogP contribution >= 0.6 is 15.9 Å². The zero-order valence-electron chi connectivity index (χ0n) is 11.2. The Morgan fingerprint density at radius 2 is 1.90 bits per heavy atom. The highest BCUT2D eigenvalue weighted by molar-refractivity contribution is 9.10. The lowest BCUT2D eigenvalue weighted by molar-refractivity contribution is 0.493. The Labute approximate surface area is 127 Å². The normalized spacial score (nSPS) is 12.3. The Hall–Kier alpha value is -1.23. The summed E-state index contributed by atoms with van der Waals surface area (Å²) in [7, 11) is 0. The van der Waals surface area contributed by atoms with Crippen LogP contribution in [0.1, 0.15) is 30.0 Å². The molecule has 0 aliphatic heterocycles. The van der Waals surface area contributed by atoms with Crippen molar-refractivity contribution in [1.29, 1.82) is 0 Å². The zero-order valence-corrected chi connectivity index (χ0v) is 12.7. The van der Waals surface area contributed by atoms with E-state index in [1.807, 2.05) is 18.2 Å². The van der Waals surface area contributed by atoms with Crippen LogP contribution in [-0.4, -0.2) is 0 Å². The van der Waals surface area contributed by atoms with Gasteiger partial charge in [-0.15, -0.1) is 0 Å². The van der Waals surface area contributed by atoms with Gasteiger partial charge in [-0.3, -0.25) is 11.3 Å². The van der Waals surface area contributed by atoms with Gasteiger partial charge in [-0.2, -0.15) is 0 Å². The summed E-state index contributed by atoms with van der Waals surface area (Å²) in [4.78, 5) is 0. The maximum Gasteiger partial charge on any atom is 0.123 e. The number of nitrogens with one attached hydrogen (secondary N) is 1. The van der Waals surface area contributed by atoms with Crippen molar-refractivity contribution in [2.45, 2.75) is 25.3 Å². The molecule has 0 saturated carbocycles. The lowest BCUT2D eigenvalue weighted by Crippen LogP contribution is -2.28. The molecule has 2 aromatic rings. The van der Waals surface area contributed by atoms with E-state index in [0.29, 0.717) is 0 Å².